The molecule has 0 fully saturated rings. The smallest absolute Gasteiger partial charge is 0.312 e. The highest BCUT2D eigenvalue weighted by molar-refractivity contribution is 6.30. The molecule has 0 atom stereocenters. The average Bonchev–Trinajstić information content (AvgIpc) is 2.41. The summed E-state index contributed by atoms with van der Waals surface area (Å²) < 4.78 is 0. The van der Waals surface area contributed by atoms with Crippen molar-refractivity contribution in [2.24, 2.45) is 0 Å². The van der Waals surface area contributed by atoms with Gasteiger partial charge in [-0.25, -0.2) is 4.98 Å². The van der Waals surface area contributed by atoms with Crippen LogP contribution in [0, 0.1) is 10.1 Å². The molecule has 2 heterocycles. The first-order valence-corrected chi connectivity index (χ1v) is 5.97. The van der Waals surface area contributed by atoms with Crippen molar-refractivity contribution >= 4 is 23.1 Å². The van der Waals surface area contributed by atoms with Gasteiger partial charge in [-0.2, -0.15) is 0 Å². The monoisotopic (exact) mass is 278 g/mol. The van der Waals surface area contributed by atoms with Crippen molar-refractivity contribution in [1.29, 1.82) is 0 Å². The second-order valence-corrected chi connectivity index (χ2v) is 4.25. The molecule has 6 nitrogen and oxygen atoms in total. The van der Waals surface area contributed by atoms with Gasteiger partial charge in [-0.1, -0.05) is 17.7 Å². The first kappa shape index (κ1) is 13.2. The normalized spacial score (nSPS) is 10.2. The minimum absolute atomic E-state index is 0.126. The largest absolute Gasteiger partial charge is 0.364 e. The van der Waals surface area contributed by atoms with Gasteiger partial charge in [0.15, 0.2) is 0 Å². The number of nitrogens with zero attached hydrogens (tertiary/aromatic N) is 3. The van der Waals surface area contributed by atoms with Gasteiger partial charge in [-0.3, -0.25) is 15.1 Å². The van der Waals surface area contributed by atoms with Crippen molar-refractivity contribution in [3.05, 3.63) is 57.5 Å². The molecule has 2 rings (SSSR count). The summed E-state index contributed by atoms with van der Waals surface area (Å²) in [5, 5.41) is 14.0. The van der Waals surface area contributed by atoms with Crippen molar-refractivity contribution < 1.29 is 4.92 Å². The van der Waals surface area contributed by atoms with Crippen LogP contribution in [-0.4, -0.2) is 21.4 Å². The van der Waals surface area contributed by atoms with Crippen LogP contribution in [0.25, 0.3) is 0 Å². The van der Waals surface area contributed by atoms with Crippen LogP contribution in [0.3, 0.4) is 0 Å². The van der Waals surface area contributed by atoms with Crippen molar-refractivity contribution in [3.63, 3.8) is 0 Å². The number of halogens is 1. The van der Waals surface area contributed by atoms with Crippen molar-refractivity contribution in [3.8, 4) is 0 Å². The molecule has 98 valence electrons. The maximum absolute atomic E-state index is 10.9. The van der Waals surface area contributed by atoms with Gasteiger partial charge < -0.3 is 5.32 Å². The van der Waals surface area contributed by atoms with E-state index in [0.29, 0.717) is 13.0 Å². The summed E-state index contributed by atoms with van der Waals surface area (Å²) in [4.78, 5) is 18.3. The second-order valence-electron chi connectivity index (χ2n) is 3.82. The maximum atomic E-state index is 10.9. The summed E-state index contributed by atoms with van der Waals surface area (Å²) in [6.45, 7) is 0.529. The zero-order valence-corrected chi connectivity index (χ0v) is 10.7. The number of anilines is 1. The molecule has 0 aromatic carbocycles. The topological polar surface area (TPSA) is 81.0 Å². The minimum Gasteiger partial charge on any atom is -0.364 e. The lowest BCUT2D eigenvalue weighted by molar-refractivity contribution is -0.384. The molecular weight excluding hydrogens is 268 g/mol. The first-order valence-electron chi connectivity index (χ1n) is 5.59. The Morgan fingerprint density at radius 1 is 1.42 bits per heavy atom. The van der Waals surface area contributed by atoms with Crippen molar-refractivity contribution in [2.45, 2.75) is 6.42 Å². The van der Waals surface area contributed by atoms with Crippen LogP contribution in [0.4, 0.5) is 11.5 Å². The molecule has 0 bridgehead atoms. The molecule has 0 aliphatic rings. The molecule has 0 saturated heterocycles. The van der Waals surface area contributed by atoms with E-state index in [0.717, 1.165) is 5.56 Å². The fraction of sp³-hybridized carbons (Fsp3) is 0.167. The van der Waals surface area contributed by atoms with E-state index in [1.54, 1.807) is 12.4 Å². The number of pyridine rings is 2. The molecule has 0 aliphatic heterocycles. The quantitative estimate of drug-likeness (QED) is 0.672. The van der Waals surface area contributed by atoms with E-state index in [-0.39, 0.29) is 16.5 Å². The molecule has 0 aliphatic carbocycles. The van der Waals surface area contributed by atoms with E-state index in [1.807, 2.05) is 12.1 Å². The molecule has 19 heavy (non-hydrogen) atoms. The highest BCUT2D eigenvalue weighted by Crippen LogP contribution is 2.24. The van der Waals surface area contributed by atoms with Crippen LogP contribution in [-0.2, 0) is 6.42 Å². The third-order valence-corrected chi connectivity index (χ3v) is 2.67. The molecule has 2 aromatic heterocycles. The molecule has 0 amide bonds. The standard InChI is InChI=1S/C12H11ClN4O2/c13-10-6-11(17(18)19)12(16-8-10)15-5-3-9-2-1-4-14-7-9/h1-2,4,6-8H,3,5H2,(H,15,16). The van der Waals surface area contributed by atoms with Crippen LogP contribution in [0.15, 0.2) is 36.8 Å². The Kier molecular flexibility index (Phi) is 4.25. The van der Waals surface area contributed by atoms with Crippen LogP contribution < -0.4 is 5.32 Å². The lowest BCUT2D eigenvalue weighted by Gasteiger charge is -2.06. The maximum Gasteiger partial charge on any atom is 0.312 e. The predicted molar refractivity (Wildman–Crippen MR) is 72.3 cm³/mol. The van der Waals surface area contributed by atoms with Crippen LogP contribution in [0.1, 0.15) is 5.56 Å². The Bertz CT molecular complexity index is 577. The molecule has 1 N–H and O–H groups in total. The molecule has 0 spiro atoms. The summed E-state index contributed by atoms with van der Waals surface area (Å²) in [5.74, 6) is 0.221. The van der Waals surface area contributed by atoms with Gasteiger partial charge in [-0.15, -0.1) is 0 Å². The van der Waals surface area contributed by atoms with E-state index < -0.39 is 4.92 Å². The number of hydrogen-bond acceptors (Lipinski definition) is 5. The fourth-order valence-corrected chi connectivity index (χ4v) is 1.73. The number of nitro groups is 1. The Hall–Kier alpha value is -2.21. The SMILES string of the molecule is O=[N+]([O-])c1cc(Cl)cnc1NCCc1cccnc1. The van der Waals surface area contributed by atoms with E-state index in [1.165, 1.54) is 12.3 Å². The Morgan fingerprint density at radius 2 is 2.26 bits per heavy atom. The van der Waals surface area contributed by atoms with Gasteiger partial charge in [-0.05, 0) is 18.1 Å². The van der Waals surface area contributed by atoms with E-state index >= 15 is 0 Å². The third-order valence-electron chi connectivity index (χ3n) is 2.46. The second kappa shape index (κ2) is 6.10. The van der Waals surface area contributed by atoms with E-state index in [9.17, 15) is 10.1 Å². The molecule has 0 saturated carbocycles. The summed E-state index contributed by atoms with van der Waals surface area (Å²) in [7, 11) is 0. The number of rotatable bonds is 5. The highest BCUT2D eigenvalue weighted by Gasteiger charge is 2.15. The zero-order chi connectivity index (χ0) is 13.7. The minimum atomic E-state index is -0.509. The number of nitrogens with one attached hydrogen (secondary N) is 1. The van der Waals surface area contributed by atoms with Gasteiger partial charge in [0, 0.05) is 31.2 Å². The highest BCUT2D eigenvalue weighted by atomic mass is 35.5. The van der Waals surface area contributed by atoms with Gasteiger partial charge in [0.1, 0.15) is 0 Å². The van der Waals surface area contributed by atoms with Gasteiger partial charge in [0.05, 0.1) is 9.95 Å². The lowest BCUT2D eigenvalue weighted by Crippen LogP contribution is -2.08. The summed E-state index contributed by atoms with van der Waals surface area (Å²) in [6, 6.07) is 5.07. The molecule has 0 unspecified atom stereocenters. The van der Waals surface area contributed by atoms with Crippen LogP contribution >= 0.6 is 11.6 Å². The molecule has 7 heteroatoms. The molecular formula is C12H11ClN4O2. The van der Waals surface area contributed by atoms with Gasteiger partial charge in [0.25, 0.3) is 0 Å². The first-order chi connectivity index (χ1) is 9.16. The van der Waals surface area contributed by atoms with E-state index in [4.69, 9.17) is 11.6 Å². The summed E-state index contributed by atoms with van der Waals surface area (Å²) in [6.07, 6.45) is 5.53. The van der Waals surface area contributed by atoms with Gasteiger partial charge >= 0.3 is 5.69 Å². The summed E-state index contributed by atoms with van der Waals surface area (Å²) >= 11 is 5.69. The predicted octanol–water partition coefficient (Wildman–Crippen LogP) is 2.69. The zero-order valence-electron chi connectivity index (χ0n) is 9.91. The Balaban J connectivity index is 2.02. The summed E-state index contributed by atoms with van der Waals surface area (Å²) in [5.41, 5.74) is 0.922. The lowest BCUT2D eigenvalue weighted by atomic mass is 10.2. The Morgan fingerprint density at radius 3 is 2.95 bits per heavy atom. The van der Waals surface area contributed by atoms with Crippen LogP contribution in [0.5, 0.6) is 0 Å². The molecule has 2 aromatic rings. The average molecular weight is 279 g/mol. The number of hydrogen-bond donors (Lipinski definition) is 1. The number of aromatic nitrogens is 2. The van der Waals surface area contributed by atoms with Gasteiger partial charge in [0.2, 0.25) is 5.82 Å². The van der Waals surface area contributed by atoms with E-state index in [2.05, 4.69) is 15.3 Å². The van der Waals surface area contributed by atoms with Crippen molar-refractivity contribution in [2.75, 3.05) is 11.9 Å². The van der Waals surface area contributed by atoms with Crippen LogP contribution in [0.2, 0.25) is 5.02 Å². The third kappa shape index (κ3) is 3.62. The van der Waals surface area contributed by atoms with Crippen molar-refractivity contribution in [1.82, 2.24) is 9.97 Å². The Labute approximate surface area is 114 Å². The molecule has 0 radical (unpaired) electrons. The fourth-order valence-electron chi connectivity index (χ4n) is 1.58.